The molecule has 1 aromatic rings. The van der Waals surface area contributed by atoms with Crippen LogP contribution in [0.1, 0.15) is 32.1 Å². The first kappa shape index (κ1) is 13.4. The number of ether oxygens (including phenoxy) is 2. The summed E-state index contributed by atoms with van der Waals surface area (Å²) < 4.78 is 11.0. The molecule has 0 spiro atoms. The van der Waals surface area contributed by atoms with Crippen LogP contribution >= 0.6 is 0 Å². The van der Waals surface area contributed by atoms with Gasteiger partial charge in [0.2, 0.25) is 0 Å². The highest BCUT2D eigenvalue weighted by atomic mass is 16.5. The fraction of sp³-hybridized carbons (Fsp3) is 0.562. The van der Waals surface area contributed by atoms with E-state index in [-0.39, 0.29) is 12.1 Å². The molecule has 0 bridgehead atoms. The minimum atomic E-state index is -0.546. The van der Waals surface area contributed by atoms with Crippen molar-refractivity contribution >= 4 is 5.97 Å². The monoisotopic (exact) mass is 275 g/mol. The third kappa shape index (κ3) is 2.80. The van der Waals surface area contributed by atoms with Gasteiger partial charge in [0.25, 0.3) is 0 Å². The van der Waals surface area contributed by atoms with E-state index in [9.17, 15) is 4.79 Å². The normalized spacial score (nSPS) is 29.1. The molecule has 2 saturated carbocycles. The van der Waals surface area contributed by atoms with Gasteiger partial charge in [0.15, 0.2) is 0 Å². The molecule has 0 amide bonds. The molecule has 108 valence electrons. The molecule has 2 aliphatic rings. The SMILES string of the molecule is COC(=O)C1(NC2CC2)CCC(Oc2ccccc2)C1. The zero-order valence-electron chi connectivity index (χ0n) is 11.8. The van der Waals surface area contributed by atoms with Crippen molar-refractivity contribution in [3.63, 3.8) is 0 Å². The van der Waals surface area contributed by atoms with Gasteiger partial charge in [-0.1, -0.05) is 18.2 Å². The molecule has 0 saturated heterocycles. The van der Waals surface area contributed by atoms with Crippen LogP contribution in [0.5, 0.6) is 5.75 Å². The Labute approximate surface area is 119 Å². The highest BCUT2D eigenvalue weighted by molar-refractivity contribution is 5.81. The fourth-order valence-electron chi connectivity index (χ4n) is 2.98. The molecule has 2 fully saturated rings. The predicted octanol–water partition coefficient (Wildman–Crippen LogP) is 2.28. The predicted molar refractivity (Wildman–Crippen MR) is 75.6 cm³/mol. The van der Waals surface area contributed by atoms with Gasteiger partial charge in [0, 0.05) is 12.5 Å². The molecule has 0 aliphatic heterocycles. The van der Waals surface area contributed by atoms with Crippen LogP contribution < -0.4 is 10.1 Å². The highest BCUT2D eigenvalue weighted by Gasteiger charge is 2.49. The Morgan fingerprint density at radius 1 is 1.25 bits per heavy atom. The van der Waals surface area contributed by atoms with Gasteiger partial charge in [0.05, 0.1) is 7.11 Å². The summed E-state index contributed by atoms with van der Waals surface area (Å²) in [6, 6.07) is 10.3. The Hall–Kier alpha value is -1.55. The van der Waals surface area contributed by atoms with Crippen molar-refractivity contribution in [3.8, 4) is 5.75 Å². The maximum absolute atomic E-state index is 12.2. The number of methoxy groups -OCH3 is 1. The Morgan fingerprint density at radius 3 is 2.65 bits per heavy atom. The average molecular weight is 275 g/mol. The highest BCUT2D eigenvalue weighted by Crippen LogP contribution is 2.36. The molecular formula is C16H21NO3. The van der Waals surface area contributed by atoms with E-state index >= 15 is 0 Å². The summed E-state index contributed by atoms with van der Waals surface area (Å²) in [5.41, 5.74) is -0.546. The van der Waals surface area contributed by atoms with Crippen LogP contribution in [0.15, 0.2) is 30.3 Å². The molecule has 2 atom stereocenters. The largest absolute Gasteiger partial charge is 0.490 e. The maximum Gasteiger partial charge on any atom is 0.326 e. The van der Waals surface area contributed by atoms with E-state index in [1.165, 1.54) is 7.11 Å². The van der Waals surface area contributed by atoms with Crippen molar-refractivity contribution in [2.75, 3.05) is 7.11 Å². The van der Waals surface area contributed by atoms with E-state index in [1.54, 1.807) is 0 Å². The van der Waals surface area contributed by atoms with Crippen LogP contribution in [0, 0.1) is 0 Å². The van der Waals surface area contributed by atoms with Crippen molar-refractivity contribution < 1.29 is 14.3 Å². The zero-order chi connectivity index (χ0) is 14.0. The smallest absolute Gasteiger partial charge is 0.326 e. The number of para-hydroxylation sites is 1. The van der Waals surface area contributed by atoms with Crippen LogP contribution in [0.25, 0.3) is 0 Å². The molecule has 2 unspecified atom stereocenters. The molecule has 0 aromatic heterocycles. The number of hydrogen-bond donors (Lipinski definition) is 1. The summed E-state index contributed by atoms with van der Waals surface area (Å²) in [7, 11) is 1.46. The molecule has 4 heteroatoms. The van der Waals surface area contributed by atoms with Gasteiger partial charge < -0.3 is 9.47 Å². The minimum Gasteiger partial charge on any atom is -0.490 e. The van der Waals surface area contributed by atoms with E-state index in [2.05, 4.69) is 5.32 Å². The van der Waals surface area contributed by atoms with Gasteiger partial charge in [-0.2, -0.15) is 0 Å². The summed E-state index contributed by atoms with van der Waals surface area (Å²) in [6.07, 6.45) is 4.73. The number of nitrogens with one attached hydrogen (secondary N) is 1. The molecule has 20 heavy (non-hydrogen) atoms. The van der Waals surface area contributed by atoms with E-state index in [4.69, 9.17) is 9.47 Å². The number of carbonyl (C=O) groups is 1. The number of esters is 1. The van der Waals surface area contributed by atoms with Crippen molar-refractivity contribution in [2.24, 2.45) is 0 Å². The van der Waals surface area contributed by atoms with E-state index in [0.29, 0.717) is 12.5 Å². The Morgan fingerprint density at radius 2 is 2.00 bits per heavy atom. The molecule has 1 aromatic carbocycles. The lowest BCUT2D eigenvalue weighted by molar-refractivity contribution is -0.148. The van der Waals surface area contributed by atoms with Gasteiger partial charge in [-0.05, 0) is 37.8 Å². The van der Waals surface area contributed by atoms with Crippen LogP contribution in [-0.2, 0) is 9.53 Å². The first-order chi connectivity index (χ1) is 9.72. The van der Waals surface area contributed by atoms with Gasteiger partial charge in [-0.25, -0.2) is 0 Å². The Kier molecular flexibility index (Phi) is 3.66. The Bertz CT molecular complexity index is 472. The van der Waals surface area contributed by atoms with Crippen molar-refractivity contribution in [3.05, 3.63) is 30.3 Å². The quantitative estimate of drug-likeness (QED) is 0.838. The van der Waals surface area contributed by atoms with Crippen LogP contribution in [0.4, 0.5) is 0 Å². The number of benzene rings is 1. The van der Waals surface area contributed by atoms with Gasteiger partial charge in [-0.15, -0.1) is 0 Å². The summed E-state index contributed by atoms with van der Waals surface area (Å²) in [6.45, 7) is 0. The number of carbonyl (C=O) groups excluding carboxylic acids is 1. The number of rotatable bonds is 5. The fourth-order valence-corrected chi connectivity index (χ4v) is 2.98. The molecule has 0 heterocycles. The van der Waals surface area contributed by atoms with E-state index < -0.39 is 5.54 Å². The van der Waals surface area contributed by atoms with Crippen LogP contribution in [-0.4, -0.2) is 30.8 Å². The standard InChI is InChI=1S/C16H21NO3/c1-19-15(18)16(17-12-7-8-12)10-9-14(11-16)20-13-5-3-2-4-6-13/h2-6,12,14,17H,7-11H2,1H3. The summed E-state index contributed by atoms with van der Waals surface area (Å²) in [5.74, 6) is 0.716. The van der Waals surface area contributed by atoms with Gasteiger partial charge in [0.1, 0.15) is 17.4 Å². The second-order valence-corrected chi connectivity index (χ2v) is 5.79. The first-order valence-corrected chi connectivity index (χ1v) is 7.30. The van der Waals surface area contributed by atoms with E-state index in [0.717, 1.165) is 31.4 Å². The first-order valence-electron chi connectivity index (χ1n) is 7.30. The van der Waals surface area contributed by atoms with Gasteiger partial charge in [-0.3, -0.25) is 10.1 Å². The van der Waals surface area contributed by atoms with Gasteiger partial charge >= 0.3 is 5.97 Å². The molecule has 1 N–H and O–H groups in total. The molecular weight excluding hydrogens is 254 g/mol. The zero-order valence-corrected chi connectivity index (χ0v) is 11.8. The summed E-state index contributed by atoms with van der Waals surface area (Å²) >= 11 is 0. The van der Waals surface area contributed by atoms with Crippen LogP contribution in [0.2, 0.25) is 0 Å². The lowest BCUT2D eigenvalue weighted by Crippen LogP contribution is -2.52. The minimum absolute atomic E-state index is 0.0720. The molecule has 4 nitrogen and oxygen atoms in total. The van der Waals surface area contributed by atoms with Crippen molar-refractivity contribution in [1.29, 1.82) is 0 Å². The maximum atomic E-state index is 12.2. The number of hydrogen-bond acceptors (Lipinski definition) is 4. The van der Waals surface area contributed by atoms with Crippen molar-refractivity contribution in [2.45, 2.75) is 49.8 Å². The van der Waals surface area contributed by atoms with Crippen LogP contribution in [0.3, 0.4) is 0 Å². The summed E-state index contributed by atoms with van der Waals surface area (Å²) in [5, 5.41) is 3.48. The summed E-state index contributed by atoms with van der Waals surface area (Å²) in [4.78, 5) is 12.2. The lowest BCUT2D eigenvalue weighted by atomic mass is 9.97. The average Bonchev–Trinajstić information content (AvgIpc) is 3.19. The van der Waals surface area contributed by atoms with Crippen molar-refractivity contribution in [1.82, 2.24) is 5.32 Å². The molecule has 2 aliphatic carbocycles. The third-order valence-electron chi connectivity index (χ3n) is 4.15. The van der Waals surface area contributed by atoms with E-state index in [1.807, 2.05) is 30.3 Å². The lowest BCUT2D eigenvalue weighted by Gasteiger charge is -2.27. The topological polar surface area (TPSA) is 47.6 Å². The molecule has 0 radical (unpaired) electrons. The second kappa shape index (κ2) is 5.44. The third-order valence-corrected chi connectivity index (χ3v) is 4.15. The second-order valence-electron chi connectivity index (χ2n) is 5.79. The Balaban J connectivity index is 1.67. The molecule has 3 rings (SSSR count).